The van der Waals surface area contributed by atoms with Gasteiger partial charge in [0.25, 0.3) is 0 Å². The van der Waals surface area contributed by atoms with Crippen LogP contribution >= 0.6 is 12.6 Å². The molecule has 0 aliphatic carbocycles. The Balaban J connectivity index is 3.88. The molecule has 1 unspecified atom stereocenters. The van der Waals surface area contributed by atoms with Crippen LogP contribution in [0.1, 0.15) is 0 Å². The maximum Gasteiger partial charge on any atom is 0.321 e. The fraction of sp³-hybridized carbons (Fsp3) is 0.889. The fourth-order valence-electron chi connectivity index (χ4n) is 1.21. The van der Waals surface area contributed by atoms with Crippen LogP contribution in [-0.2, 0) is 4.79 Å². The van der Waals surface area contributed by atoms with Gasteiger partial charge in [-0.2, -0.15) is 12.6 Å². The molecule has 0 aliphatic rings. The van der Waals surface area contributed by atoms with Crippen molar-refractivity contribution in [2.45, 2.75) is 12.1 Å². The van der Waals surface area contributed by atoms with E-state index in [4.69, 9.17) is 5.11 Å². The number of aliphatic hydroxyl groups is 1. The number of quaternary nitrogens is 1. The molecule has 0 heterocycles. The van der Waals surface area contributed by atoms with Crippen LogP contribution in [0.25, 0.3) is 0 Å². The van der Waals surface area contributed by atoms with E-state index in [2.05, 4.69) is 17.9 Å². The molecule has 0 rings (SSSR count). The Kier molecular flexibility index (Phi) is 6.19. The summed E-state index contributed by atoms with van der Waals surface area (Å²) in [7, 11) is 5.91. The highest BCUT2D eigenvalue weighted by Crippen LogP contribution is 1.95. The van der Waals surface area contributed by atoms with Gasteiger partial charge in [0.1, 0.15) is 18.7 Å². The second-order valence-corrected chi connectivity index (χ2v) is 4.97. The third-order valence-corrected chi connectivity index (χ3v) is 2.20. The number of likely N-dealkylation sites (N-methyl/N-ethyl adjacent to an activating group) is 1. The van der Waals surface area contributed by atoms with E-state index in [9.17, 15) is 9.90 Å². The van der Waals surface area contributed by atoms with E-state index in [1.807, 2.05) is 21.1 Å². The summed E-state index contributed by atoms with van der Waals surface area (Å²) in [5.74, 6) is -0.727. The van der Waals surface area contributed by atoms with Crippen molar-refractivity contribution in [3.8, 4) is 0 Å². The van der Waals surface area contributed by atoms with Crippen molar-refractivity contribution in [1.82, 2.24) is 5.32 Å². The minimum absolute atomic E-state index is 0.215. The minimum atomic E-state index is -0.942. The maximum atomic E-state index is 10.6. The molecule has 0 radical (unpaired) electrons. The van der Waals surface area contributed by atoms with E-state index >= 15 is 0 Å². The number of carboxylic acid groups (broad SMARTS) is 1. The zero-order valence-corrected chi connectivity index (χ0v) is 10.4. The van der Waals surface area contributed by atoms with Crippen molar-refractivity contribution in [3.05, 3.63) is 0 Å². The Labute approximate surface area is 96.1 Å². The SMILES string of the molecule is C[N+](C)(C)CC(O)CN[C@@H](CS)C(=O)O. The summed E-state index contributed by atoms with van der Waals surface area (Å²) in [6, 6.07) is -0.699. The lowest BCUT2D eigenvalue weighted by molar-refractivity contribution is -0.873. The van der Waals surface area contributed by atoms with Crippen LogP contribution in [0.4, 0.5) is 0 Å². The predicted molar refractivity (Wildman–Crippen MR) is 62.2 cm³/mol. The zero-order chi connectivity index (χ0) is 12.1. The smallest absolute Gasteiger partial charge is 0.321 e. The molecular weight excluding hydrogens is 216 g/mol. The summed E-state index contributed by atoms with van der Waals surface area (Å²) in [6.07, 6.45) is -0.549. The molecule has 3 N–H and O–H groups in total. The summed E-state index contributed by atoms with van der Waals surface area (Å²) >= 11 is 3.91. The number of carboxylic acids is 1. The van der Waals surface area contributed by atoms with Gasteiger partial charge >= 0.3 is 5.97 Å². The number of nitrogens with one attached hydrogen (secondary N) is 1. The molecule has 0 saturated heterocycles. The lowest BCUT2D eigenvalue weighted by Crippen LogP contribution is -2.48. The van der Waals surface area contributed by atoms with Crippen molar-refractivity contribution in [2.24, 2.45) is 0 Å². The van der Waals surface area contributed by atoms with Crippen LogP contribution in [0.2, 0.25) is 0 Å². The number of carbonyl (C=O) groups is 1. The zero-order valence-electron chi connectivity index (χ0n) is 9.47. The Morgan fingerprint density at radius 1 is 1.47 bits per heavy atom. The quantitative estimate of drug-likeness (QED) is 0.339. The Hall–Kier alpha value is -0.300. The van der Waals surface area contributed by atoms with Gasteiger partial charge in [0, 0.05) is 12.3 Å². The molecule has 0 aromatic rings. The molecule has 5 nitrogen and oxygen atoms in total. The monoisotopic (exact) mass is 237 g/mol. The number of nitrogens with zero attached hydrogens (tertiary/aromatic N) is 1. The third-order valence-electron chi connectivity index (χ3n) is 1.84. The number of thiol groups is 1. The molecule has 0 aromatic heterocycles. The summed E-state index contributed by atoms with van der Waals surface area (Å²) in [5, 5.41) is 21.1. The van der Waals surface area contributed by atoms with Crippen LogP contribution in [0.5, 0.6) is 0 Å². The lowest BCUT2D eigenvalue weighted by Gasteiger charge is -2.27. The van der Waals surface area contributed by atoms with E-state index < -0.39 is 18.1 Å². The molecular formula is C9H21N2O3S+. The summed E-state index contributed by atoms with van der Waals surface area (Å²) < 4.78 is 0.640. The van der Waals surface area contributed by atoms with Crippen molar-refractivity contribution in [3.63, 3.8) is 0 Å². The van der Waals surface area contributed by atoms with Crippen molar-refractivity contribution in [1.29, 1.82) is 0 Å². The first kappa shape index (κ1) is 14.7. The second-order valence-electron chi connectivity index (χ2n) is 4.61. The molecule has 6 heteroatoms. The van der Waals surface area contributed by atoms with Gasteiger partial charge in [-0.3, -0.25) is 4.79 Å². The number of hydrogen-bond donors (Lipinski definition) is 4. The second kappa shape index (κ2) is 6.32. The molecule has 0 saturated carbocycles. The van der Waals surface area contributed by atoms with Crippen LogP contribution in [0, 0.1) is 0 Å². The van der Waals surface area contributed by atoms with Gasteiger partial charge in [-0.05, 0) is 0 Å². The molecule has 0 fully saturated rings. The van der Waals surface area contributed by atoms with Gasteiger partial charge in [-0.1, -0.05) is 0 Å². The van der Waals surface area contributed by atoms with Gasteiger partial charge < -0.3 is 20.0 Å². The van der Waals surface area contributed by atoms with Gasteiger partial charge in [0.2, 0.25) is 0 Å². The lowest BCUT2D eigenvalue weighted by atomic mass is 10.2. The fourth-order valence-corrected chi connectivity index (χ4v) is 1.49. The number of aliphatic carboxylic acids is 1. The number of hydrogen-bond acceptors (Lipinski definition) is 4. The molecule has 0 aromatic carbocycles. The first-order chi connectivity index (χ1) is 6.76. The predicted octanol–water partition coefficient (Wildman–Crippen LogP) is -0.974. The van der Waals surface area contributed by atoms with Crippen molar-refractivity contribution in [2.75, 3.05) is 40.0 Å². The minimum Gasteiger partial charge on any atom is -0.480 e. The van der Waals surface area contributed by atoms with Crippen LogP contribution < -0.4 is 5.32 Å². The molecule has 0 bridgehead atoms. The average Bonchev–Trinajstić information content (AvgIpc) is 2.01. The van der Waals surface area contributed by atoms with E-state index in [0.29, 0.717) is 11.0 Å². The molecule has 0 aliphatic heterocycles. The van der Waals surface area contributed by atoms with Gasteiger partial charge in [0.15, 0.2) is 0 Å². The highest BCUT2D eigenvalue weighted by Gasteiger charge is 2.19. The third kappa shape index (κ3) is 7.61. The highest BCUT2D eigenvalue weighted by atomic mass is 32.1. The van der Waals surface area contributed by atoms with E-state index in [1.165, 1.54) is 0 Å². The van der Waals surface area contributed by atoms with Crippen LogP contribution in [0.3, 0.4) is 0 Å². The summed E-state index contributed by atoms with van der Waals surface area (Å²) in [5.41, 5.74) is 0. The molecule has 2 atom stereocenters. The summed E-state index contributed by atoms with van der Waals surface area (Å²) in [4.78, 5) is 10.6. The Bertz CT molecular complexity index is 206. The standard InChI is InChI=1S/C9H20N2O3S/c1-11(2,3)5-7(12)4-10-8(6-15)9(13)14/h7-8,10,12H,4-6H2,1-3H3,(H-,13,14,15)/p+1/t7?,8-/m0/s1. The van der Waals surface area contributed by atoms with Gasteiger partial charge in [-0.25, -0.2) is 0 Å². The van der Waals surface area contributed by atoms with E-state index in [0.717, 1.165) is 0 Å². The number of rotatable bonds is 7. The Morgan fingerprint density at radius 3 is 2.33 bits per heavy atom. The van der Waals surface area contributed by atoms with Gasteiger partial charge in [0.05, 0.1) is 21.1 Å². The molecule has 0 amide bonds. The first-order valence-electron chi connectivity index (χ1n) is 4.82. The first-order valence-corrected chi connectivity index (χ1v) is 5.45. The van der Waals surface area contributed by atoms with Crippen LogP contribution in [0.15, 0.2) is 0 Å². The van der Waals surface area contributed by atoms with E-state index in [1.54, 1.807) is 0 Å². The van der Waals surface area contributed by atoms with Crippen molar-refractivity contribution >= 4 is 18.6 Å². The van der Waals surface area contributed by atoms with Crippen LogP contribution in [-0.4, -0.2) is 72.8 Å². The maximum absolute atomic E-state index is 10.6. The highest BCUT2D eigenvalue weighted by molar-refractivity contribution is 7.80. The van der Waals surface area contributed by atoms with Crippen molar-refractivity contribution < 1.29 is 19.5 Å². The molecule has 15 heavy (non-hydrogen) atoms. The Morgan fingerprint density at radius 2 is 2.00 bits per heavy atom. The molecule has 0 spiro atoms. The molecule has 90 valence electrons. The number of aliphatic hydroxyl groups excluding tert-OH is 1. The summed E-state index contributed by atoms with van der Waals surface area (Å²) in [6.45, 7) is 0.846. The normalized spacial score (nSPS) is 16.1. The largest absolute Gasteiger partial charge is 0.480 e. The van der Waals surface area contributed by atoms with Gasteiger partial charge in [-0.15, -0.1) is 0 Å². The van der Waals surface area contributed by atoms with E-state index in [-0.39, 0.29) is 12.3 Å². The average molecular weight is 237 g/mol. The topological polar surface area (TPSA) is 69.6 Å².